The van der Waals surface area contributed by atoms with Crippen LogP contribution in [0.3, 0.4) is 0 Å². The quantitative estimate of drug-likeness (QED) is 0.831. The summed E-state index contributed by atoms with van der Waals surface area (Å²) >= 11 is 0. The third-order valence-electron chi connectivity index (χ3n) is 3.84. The third kappa shape index (κ3) is 2.31. The number of hydrogen-bond acceptors (Lipinski definition) is 5. The number of aromatic nitrogens is 4. The van der Waals surface area contributed by atoms with Crippen molar-refractivity contribution >= 4 is 5.91 Å². The normalized spacial score (nSPS) is 18.7. The highest BCUT2D eigenvalue weighted by atomic mass is 16.5. The number of aryl methyl sites for hydroxylation is 2. The van der Waals surface area contributed by atoms with Crippen molar-refractivity contribution < 1.29 is 9.32 Å². The number of nitrogens with zero attached hydrogens (tertiary/aromatic N) is 5. The van der Waals surface area contributed by atoms with Gasteiger partial charge in [0.05, 0.1) is 24.4 Å². The lowest BCUT2D eigenvalue weighted by Gasteiger charge is -2.16. The zero-order valence-corrected chi connectivity index (χ0v) is 11.6. The van der Waals surface area contributed by atoms with Crippen LogP contribution in [-0.4, -0.2) is 44.0 Å². The van der Waals surface area contributed by atoms with Crippen LogP contribution >= 0.6 is 0 Å². The maximum absolute atomic E-state index is 12.3. The Hall–Kier alpha value is -2.18. The van der Waals surface area contributed by atoms with Crippen LogP contribution in [0.25, 0.3) is 0 Å². The molecule has 0 aromatic carbocycles. The summed E-state index contributed by atoms with van der Waals surface area (Å²) in [6.07, 6.45) is 4.77. The molecule has 0 aliphatic carbocycles. The van der Waals surface area contributed by atoms with Crippen molar-refractivity contribution in [3.63, 3.8) is 0 Å². The van der Waals surface area contributed by atoms with E-state index in [1.54, 1.807) is 6.20 Å². The second kappa shape index (κ2) is 5.07. The fraction of sp³-hybridized carbons (Fsp3) is 0.538. The molecular formula is C13H17N5O2. The zero-order chi connectivity index (χ0) is 14.1. The van der Waals surface area contributed by atoms with Gasteiger partial charge in [0.1, 0.15) is 5.76 Å². The van der Waals surface area contributed by atoms with Gasteiger partial charge in [0.25, 0.3) is 0 Å². The highest BCUT2D eigenvalue weighted by Crippen LogP contribution is 2.22. The van der Waals surface area contributed by atoms with Crippen molar-refractivity contribution in [2.24, 2.45) is 0 Å². The minimum Gasteiger partial charge on any atom is -0.361 e. The molecular weight excluding hydrogens is 258 g/mol. The average molecular weight is 275 g/mol. The molecule has 20 heavy (non-hydrogen) atoms. The van der Waals surface area contributed by atoms with Crippen LogP contribution in [0.15, 0.2) is 16.9 Å². The Bertz CT molecular complexity index is 585. The molecule has 7 heteroatoms. The minimum atomic E-state index is 0.113. The van der Waals surface area contributed by atoms with Crippen LogP contribution in [0.5, 0.6) is 0 Å². The Balaban J connectivity index is 1.65. The van der Waals surface area contributed by atoms with E-state index in [4.69, 9.17) is 4.52 Å². The molecule has 1 saturated heterocycles. The largest absolute Gasteiger partial charge is 0.361 e. The van der Waals surface area contributed by atoms with E-state index >= 15 is 0 Å². The molecule has 0 saturated carbocycles. The molecule has 0 spiro atoms. The summed E-state index contributed by atoms with van der Waals surface area (Å²) in [6.45, 7) is 5.14. The Labute approximate surface area is 116 Å². The van der Waals surface area contributed by atoms with Crippen molar-refractivity contribution in [1.29, 1.82) is 0 Å². The number of carbonyl (C=O) groups is 1. The lowest BCUT2D eigenvalue weighted by Crippen LogP contribution is -2.30. The SMILES string of the molecule is Cc1noc(C)c1CC(=O)N1CCC(n2ccnn2)C1. The van der Waals surface area contributed by atoms with Gasteiger partial charge in [-0.2, -0.15) is 0 Å². The molecule has 1 aliphatic heterocycles. The van der Waals surface area contributed by atoms with Crippen molar-refractivity contribution in [2.45, 2.75) is 32.7 Å². The van der Waals surface area contributed by atoms with E-state index in [2.05, 4.69) is 15.5 Å². The van der Waals surface area contributed by atoms with Crippen molar-refractivity contribution in [3.05, 3.63) is 29.4 Å². The molecule has 7 nitrogen and oxygen atoms in total. The first-order chi connectivity index (χ1) is 9.65. The van der Waals surface area contributed by atoms with Crippen molar-refractivity contribution in [3.8, 4) is 0 Å². The van der Waals surface area contributed by atoms with E-state index in [0.717, 1.165) is 30.0 Å². The standard InChI is InChI=1S/C13H17N5O2/c1-9-12(10(2)20-15-9)7-13(19)17-5-3-11(8-17)18-6-4-14-16-18/h4,6,11H,3,5,7-8H2,1-2H3. The highest BCUT2D eigenvalue weighted by molar-refractivity contribution is 5.79. The molecule has 1 fully saturated rings. The molecule has 2 aromatic rings. The maximum Gasteiger partial charge on any atom is 0.227 e. The van der Waals surface area contributed by atoms with E-state index in [1.165, 1.54) is 0 Å². The minimum absolute atomic E-state index is 0.113. The van der Waals surface area contributed by atoms with E-state index in [9.17, 15) is 4.79 Å². The van der Waals surface area contributed by atoms with E-state index in [0.29, 0.717) is 13.0 Å². The second-order valence-electron chi connectivity index (χ2n) is 5.14. The van der Waals surface area contributed by atoms with Crippen LogP contribution in [0.1, 0.15) is 29.5 Å². The van der Waals surface area contributed by atoms with Crippen LogP contribution in [0.2, 0.25) is 0 Å². The highest BCUT2D eigenvalue weighted by Gasteiger charge is 2.28. The van der Waals surface area contributed by atoms with Gasteiger partial charge in [-0.05, 0) is 20.3 Å². The Morgan fingerprint density at radius 1 is 1.50 bits per heavy atom. The molecule has 0 radical (unpaired) electrons. The van der Waals surface area contributed by atoms with E-state index in [1.807, 2.05) is 29.6 Å². The van der Waals surface area contributed by atoms with Gasteiger partial charge in [0, 0.05) is 24.8 Å². The number of likely N-dealkylation sites (tertiary alicyclic amines) is 1. The fourth-order valence-corrected chi connectivity index (χ4v) is 2.61. The lowest BCUT2D eigenvalue weighted by molar-refractivity contribution is -0.129. The smallest absolute Gasteiger partial charge is 0.227 e. The van der Waals surface area contributed by atoms with Gasteiger partial charge >= 0.3 is 0 Å². The van der Waals surface area contributed by atoms with Crippen molar-refractivity contribution in [1.82, 2.24) is 25.1 Å². The summed E-state index contributed by atoms with van der Waals surface area (Å²) in [5.41, 5.74) is 1.70. The molecule has 0 N–H and O–H groups in total. The lowest BCUT2D eigenvalue weighted by atomic mass is 10.1. The summed E-state index contributed by atoms with van der Waals surface area (Å²) in [6, 6.07) is 0.228. The summed E-state index contributed by atoms with van der Waals surface area (Å²) in [7, 11) is 0. The van der Waals surface area contributed by atoms with Crippen LogP contribution in [0.4, 0.5) is 0 Å². The predicted molar refractivity (Wildman–Crippen MR) is 69.9 cm³/mol. The molecule has 3 rings (SSSR count). The monoisotopic (exact) mass is 275 g/mol. The van der Waals surface area contributed by atoms with Gasteiger partial charge in [-0.3, -0.25) is 4.79 Å². The molecule has 1 aliphatic rings. The van der Waals surface area contributed by atoms with Crippen LogP contribution < -0.4 is 0 Å². The van der Waals surface area contributed by atoms with Gasteiger partial charge in [0.15, 0.2) is 0 Å². The summed E-state index contributed by atoms with van der Waals surface area (Å²) in [5, 5.41) is 11.7. The fourth-order valence-electron chi connectivity index (χ4n) is 2.61. The average Bonchev–Trinajstić information content (AvgIpc) is 3.14. The summed E-state index contributed by atoms with van der Waals surface area (Å²) < 4.78 is 6.92. The first-order valence-electron chi connectivity index (χ1n) is 6.70. The number of rotatable bonds is 3. The Morgan fingerprint density at radius 3 is 3.00 bits per heavy atom. The van der Waals surface area contributed by atoms with Gasteiger partial charge in [0.2, 0.25) is 5.91 Å². The Kier molecular flexibility index (Phi) is 3.25. The van der Waals surface area contributed by atoms with Gasteiger partial charge < -0.3 is 9.42 Å². The molecule has 1 atom stereocenters. The van der Waals surface area contributed by atoms with Crippen LogP contribution in [0, 0.1) is 13.8 Å². The maximum atomic E-state index is 12.3. The van der Waals surface area contributed by atoms with E-state index < -0.39 is 0 Å². The first-order valence-corrected chi connectivity index (χ1v) is 6.70. The predicted octanol–water partition coefficient (Wildman–Crippen LogP) is 0.899. The number of amides is 1. The van der Waals surface area contributed by atoms with Crippen LogP contribution in [-0.2, 0) is 11.2 Å². The molecule has 2 aromatic heterocycles. The summed E-state index contributed by atoms with van der Waals surface area (Å²) in [5.74, 6) is 0.838. The van der Waals surface area contributed by atoms with Gasteiger partial charge in [-0.1, -0.05) is 10.4 Å². The topological polar surface area (TPSA) is 77.0 Å². The first kappa shape index (κ1) is 12.8. The second-order valence-corrected chi connectivity index (χ2v) is 5.14. The van der Waals surface area contributed by atoms with Gasteiger partial charge in [-0.15, -0.1) is 5.10 Å². The van der Waals surface area contributed by atoms with E-state index in [-0.39, 0.29) is 11.9 Å². The zero-order valence-electron chi connectivity index (χ0n) is 11.6. The summed E-state index contributed by atoms with van der Waals surface area (Å²) in [4.78, 5) is 14.2. The van der Waals surface area contributed by atoms with Crippen molar-refractivity contribution in [2.75, 3.05) is 13.1 Å². The number of carbonyl (C=O) groups excluding carboxylic acids is 1. The molecule has 106 valence electrons. The third-order valence-corrected chi connectivity index (χ3v) is 3.84. The Morgan fingerprint density at radius 2 is 2.35 bits per heavy atom. The number of hydrogen-bond donors (Lipinski definition) is 0. The molecule has 1 amide bonds. The molecule has 3 heterocycles. The molecule has 0 bridgehead atoms. The van der Waals surface area contributed by atoms with Gasteiger partial charge in [-0.25, -0.2) is 4.68 Å². The molecule has 1 unspecified atom stereocenters.